The lowest BCUT2D eigenvalue weighted by atomic mass is 9.84. The van der Waals surface area contributed by atoms with Gasteiger partial charge in [0.2, 0.25) is 12.3 Å². The van der Waals surface area contributed by atoms with Crippen molar-refractivity contribution in [2.24, 2.45) is 11.8 Å². The number of anilines is 1. The number of benzene rings is 2. The number of nitrogens with zero attached hydrogens (tertiary/aromatic N) is 3. The van der Waals surface area contributed by atoms with E-state index in [-0.39, 0.29) is 17.7 Å². The van der Waals surface area contributed by atoms with E-state index < -0.39 is 12.5 Å². The molecule has 0 spiro atoms. The zero-order chi connectivity index (χ0) is 30.6. The third-order valence-corrected chi connectivity index (χ3v) is 10.5. The molecule has 2 amide bonds. The molecule has 4 aliphatic rings. The van der Waals surface area contributed by atoms with Crippen molar-refractivity contribution in [3.8, 4) is 0 Å². The largest absolute Gasteiger partial charge is 0.356 e. The predicted molar refractivity (Wildman–Crippen MR) is 171 cm³/mol. The summed E-state index contributed by atoms with van der Waals surface area (Å²) in [6, 6.07) is 14.2. The quantitative estimate of drug-likeness (QED) is 0.367. The highest BCUT2D eigenvalue weighted by Crippen LogP contribution is 2.32. The molecule has 238 valence electrons. The molecule has 4 unspecified atom stereocenters. The lowest BCUT2D eigenvalue weighted by Crippen LogP contribution is -2.49. The molecule has 0 aromatic heterocycles. The van der Waals surface area contributed by atoms with E-state index >= 15 is 0 Å². The smallest absolute Gasteiger partial charge is 0.252 e. The van der Waals surface area contributed by atoms with Crippen LogP contribution in [0.25, 0.3) is 0 Å². The van der Waals surface area contributed by atoms with Gasteiger partial charge >= 0.3 is 0 Å². The number of aryl methyl sites for hydroxylation is 2. The summed E-state index contributed by atoms with van der Waals surface area (Å²) in [5.74, 6) is 0.433. The van der Waals surface area contributed by atoms with Crippen LogP contribution in [-0.2, 0) is 27.2 Å². The third-order valence-electron chi connectivity index (χ3n) is 10.1. The summed E-state index contributed by atoms with van der Waals surface area (Å²) in [6.07, 6.45) is 3.66. The molecule has 0 bridgehead atoms. The lowest BCUT2D eigenvalue weighted by molar-refractivity contribution is -0.225. The summed E-state index contributed by atoms with van der Waals surface area (Å²) in [7, 11) is 0. The Morgan fingerprint density at radius 2 is 1.91 bits per heavy atom. The molecule has 2 aromatic rings. The number of rotatable bonds is 9. The molecule has 3 fully saturated rings. The molecule has 3 N–H and O–H groups in total. The zero-order valence-electron chi connectivity index (χ0n) is 25.7. The minimum absolute atomic E-state index is 0.0101. The maximum atomic E-state index is 13.9. The highest BCUT2D eigenvalue weighted by Gasteiger charge is 2.37. The maximum absolute atomic E-state index is 13.9. The second-order valence-electron chi connectivity index (χ2n) is 13.0. The summed E-state index contributed by atoms with van der Waals surface area (Å²) in [6.45, 7) is 7.49. The number of nitrogens with one attached hydrogen (secondary N) is 2. The number of amides is 2. The molecule has 4 heterocycles. The normalized spacial score (nSPS) is 25.0. The topological polar surface area (TPSA) is 97.4 Å². The van der Waals surface area contributed by atoms with Crippen molar-refractivity contribution in [1.29, 1.82) is 0 Å². The first-order valence-electron chi connectivity index (χ1n) is 16.3. The van der Waals surface area contributed by atoms with E-state index in [2.05, 4.69) is 21.6 Å². The molecule has 0 radical (unpaired) electrons. The van der Waals surface area contributed by atoms with Crippen molar-refractivity contribution in [3.63, 3.8) is 0 Å². The van der Waals surface area contributed by atoms with Gasteiger partial charge in [0.05, 0.1) is 0 Å². The van der Waals surface area contributed by atoms with Crippen molar-refractivity contribution in [2.45, 2.75) is 70.4 Å². The van der Waals surface area contributed by atoms with E-state index in [4.69, 9.17) is 16.3 Å². The molecule has 10 heteroatoms. The zero-order valence-corrected chi connectivity index (χ0v) is 26.5. The average molecular weight is 624 g/mol. The fourth-order valence-corrected chi connectivity index (χ4v) is 7.48. The number of hydrogen-bond donors (Lipinski definition) is 3. The van der Waals surface area contributed by atoms with Crippen LogP contribution in [0.4, 0.5) is 5.69 Å². The van der Waals surface area contributed by atoms with Gasteiger partial charge in [0.1, 0.15) is 6.10 Å². The van der Waals surface area contributed by atoms with Crippen LogP contribution in [0.15, 0.2) is 42.5 Å². The van der Waals surface area contributed by atoms with Crippen LogP contribution in [0.5, 0.6) is 0 Å². The number of halogens is 1. The van der Waals surface area contributed by atoms with Crippen LogP contribution in [0.2, 0.25) is 5.02 Å². The number of aliphatic hydroxyl groups is 1. The molecule has 44 heavy (non-hydrogen) atoms. The monoisotopic (exact) mass is 623 g/mol. The summed E-state index contributed by atoms with van der Waals surface area (Å²) >= 11 is 6.42. The summed E-state index contributed by atoms with van der Waals surface area (Å²) in [5.41, 5.74) is 4.03. The fourth-order valence-electron chi connectivity index (χ4n) is 7.28. The van der Waals surface area contributed by atoms with Crippen LogP contribution in [0.3, 0.4) is 0 Å². The van der Waals surface area contributed by atoms with E-state index in [1.165, 1.54) is 5.56 Å². The van der Waals surface area contributed by atoms with Crippen LogP contribution in [0, 0.1) is 18.8 Å². The number of carbonyl (C=O) groups is 2. The lowest BCUT2D eigenvalue weighted by Gasteiger charge is -2.37. The molecule has 6 rings (SSSR count). The van der Waals surface area contributed by atoms with E-state index in [0.29, 0.717) is 49.6 Å². The Kier molecular flexibility index (Phi) is 10.2. The molecule has 0 aliphatic carbocycles. The minimum Gasteiger partial charge on any atom is -0.356 e. The third kappa shape index (κ3) is 7.46. The number of likely N-dealkylation sites (tertiary alicyclic amines) is 2. The Morgan fingerprint density at radius 3 is 2.68 bits per heavy atom. The SMILES string of the molecule is Cc1ccc(CC(OC(O)N2CCC(CC3CCc4ccccc4NC3=O)CC2)C(=O)N2CCC(N3CCNC3)C2)cc1Cl. The highest BCUT2D eigenvalue weighted by molar-refractivity contribution is 6.31. The van der Waals surface area contributed by atoms with Gasteiger partial charge in [-0.1, -0.05) is 41.9 Å². The first-order chi connectivity index (χ1) is 21.3. The Morgan fingerprint density at radius 1 is 1.09 bits per heavy atom. The average Bonchev–Trinajstić information content (AvgIpc) is 3.71. The van der Waals surface area contributed by atoms with Gasteiger partial charge in [0.15, 0.2) is 0 Å². The van der Waals surface area contributed by atoms with Gasteiger partial charge in [-0.05, 0) is 80.2 Å². The van der Waals surface area contributed by atoms with Crippen LogP contribution in [-0.4, -0.2) is 96.1 Å². The van der Waals surface area contributed by atoms with Crippen LogP contribution in [0.1, 0.15) is 48.8 Å². The Hall–Kier alpha value is -2.53. The van der Waals surface area contributed by atoms with Gasteiger partial charge < -0.3 is 25.4 Å². The molecule has 4 atom stereocenters. The number of hydrogen-bond acceptors (Lipinski definition) is 7. The maximum Gasteiger partial charge on any atom is 0.252 e. The molecule has 2 aromatic carbocycles. The number of aliphatic hydroxyl groups excluding tert-OH is 1. The number of fused-ring (bicyclic) bond motifs is 1. The highest BCUT2D eigenvalue weighted by atomic mass is 35.5. The second kappa shape index (κ2) is 14.3. The number of carbonyl (C=O) groups excluding carboxylic acids is 2. The Labute approximate surface area is 265 Å². The van der Waals surface area contributed by atoms with Crippen molar-refractivity contribution in [3.05, 3.63) is 64.2 Å². The van der Waals surface area contributed by atoms with E-state index in [9.17, 15) is 14.7 Å². The van der Waals surface area contributed by atoms with Crippen LogP contribution >= 0.6 is 11.6 Å². The Bertz CT molecular complexity index is 1310. The number of para-hydroxylation sites is 1. The van der Waals surface area contributed by atoms with Crippen molar-refractivity contribution in [1.82, 2.24) is 20.0 Å². The number of piperidine rings is 1. The molecule has 4 aliphatic heterocycles. The van der Waals surface area contributed by atoms with Crippen molar-refractivity contribution >= 4 is 29.1 Å². The molecule has 3 saturated heterocycles. The van der Waals surface area contributed by atoms with E-state index in [1.807, 2.05) is 53.1 Å². The molecular formula is C34H46ClN5O4. The Balaban J connectivity index is 1.05. The summed E-state index contributed by atoms with van der Waals surface area (Å²) < 4.78 is 6.21. The summed E-state index contributed by atoms with van der Waals surface area (Å²) in [5, 5.41) is 18.4. The van der Waals surface area contributed by atoms with E-state index in [0.717, 1.165) is 75.1 Å². The predicted octanol–water partition coefficient (Wildman–Crippen LogP) is 3.62. The van der Waals surface area contributed by atoms with Gasteiger partial charge in [-0.25, -0.2) is 0 Å². The van der Waals surface area contributed by atoms with Crippen molar-refractivity contribution < 1.29 is 19.4 Å². The fraction of sp³-hybridized carbons (Fsp3) is 0.588. The molecular weight excluding hydrogens is 578 g/mol. The first kappa shape index (κ1) is 31.5. The van der Waals surface area contributed by atoms with Crippen LogP contribution < -0.4 is 10.6 Å². The van der Waals surface area contributed by atoms with Gasteiger partial charge in [0.25, 0.3) is 5.91 Å². The first-order valence-corrected chi connectivity index (χ1v) is 16.7. The van der Waals surface area contributed by atoms with Gasteiger partial charge in [-0.3, -0.25) is 19.4 Å². The molecule has 9 nitrogen and oxygen atoms in total. The van der Waals surface area contributed by atoms with Gasteiger partial charge in [-0.15, -0.1) is 0 Å². The van der Waals surface area contributed by atoms with E-state index in [1.54, 1.807) is 0 Å². The van der Waals surface area contributed by atoms with Gasteiger partial charge in [-0.2, -0.15) is 0 Å². The summed E-state index contributed by atoms with van der Waals surface area (Å²) in [4.78, 5) is 33.1. The second-order valence-corrected chi connectivity index (χ2v) is 13.4. The number of ether oxygens (including phenoxy) is 1. The minimum atomic E-state index is -1.18. The van der Waals surface area contributed by atoms with Crippen molar-refractivity contribution in [2.75, 3.05) is 51.3 Å². The standard InChI is InChI=1S/C34H46ClN5O4/c1-23-6-7-25(19-29(23)35)20-31(33(42)39-16-12-28(21-39)40-17-13-36-22-40)44-34(43)38-14-10-24(11-15-38)18-27-9-8-26-4-2-3-5-30(26)37-32(27)41/h2-7,19,24,27-28,31,34,36,43H,8-18,20-22H2,1H3,(H,37,41). The van der Waals surface area contributed by atoms with Gasteiger partial charge in [0, 0.05) is 75.0 Å². The molecule has 0 saturated carbocycles.